The van der Waals surface area contributed by atoms with Gasteiger partial charge in [-0.3, -0.25) is 0 Å². The molecule has 1 rings (SSSR count). The fourth-order valence-corrected chi connectivity index (χ4v) is 3.45. The van der Waals surface area contributed by atoms with Crippen molar-refractivity contribution in [1.29, 1.82) is 0 Å². The number of methoxy groups -OCH3 is 1. The Kier molecular flexibility index (Phi) is 4.80. The SMILES string of the molecule is CO[C@@H]1CCC[C@H](N)[C@H]1O[Si](C)(C)C(C)(C)C. The Morgan fingerprint density at radius 3 is 2.24 bits per heavy atom. The van der Waals surface area contributed by atoms with Crippen LogP contribution in [0, 0.1) is 0 Å². The van der Waals surface area contributed by atoms with Crippen molar-refractivity contribution >= 4 is 8.32 Å². The molecular weight excluding hydrogens is 230 g/mol. The van der Waals surface area contributed by atoms with E-state index in [-0.39, 0.29) is 23.3 Å². The highest BCUT2D eigenvalue weighted by molar-refractivity contribution is 6.74. The molecule has 2 N–H and O–H groups in total. The topological polar surface area (TPSA) is 44.5 Å². The van der Waals surface area contributed by atoms with Gasteiger partial charge in [0.1, 0.15) is 0 Å². The van der Waals surface area contributed by atoms with E-state index in [2.05, 4.69) is 33.9 Å². The van der Waals surface area contributed by atoms with Crippen LogP contribution in [0.25, 0.3) is 0 Å². The van der Waals surface area contributed by atoms with Gasteiger partial charge in [0.25, 0.3) is 0 Å². The van der Waals surface area contributed by atoms with Gasteiger partial charge in [-0.15, -0.1) is 0 Å². The van der Waals surface area contributed by atoms with Crippen LogP contribution in [0.4, 0.5) is 0 Å². The van der Waals surface area contributed by atoms with E-state index in [1.165, 1.54) is 0 Å². The normalized spacial score (nSPS) is 31.6. The van der Waals surface area contributed by atoms with Crippen LogP contribution in [0.5, 0.6) is 0 Å². The largest absolute Gasteiger partial charge is 0.410 e. The molecule has 1 aliphatic carbocycles. The highest BCUT2D eigenvalue weighted by Gasteiger charge is 2.43. The summed E-state index contributed by atoms with van der Waals surface area (Å²) in [4.78, 5) is 0. The first-order valence-corrected chi connectivity index (χ1v) is 9.56. The van der Waals surface area contributed by atoms with Gasteiger partial charge in [0.2, 0.25) is 0 Å². The van der Waals surface area contributed by atoms with E-state index in [1.807, 2.05) is 0 Å². The molecule has 0 aliphatic heterocycles. The van der Waals surface area contributed by atoms with Gasteiger partial charge in [0, 0.05) is 13.2 Å². The Morgan fingerprint density at radius 1 is 1.18 bits per heavy atom. The van der Waals surface area contributed by atoms with Gasteiger partial charge in [-0.25, -0.2) is 0 Å². The zero-order chi connectivity index (χ0) is 13.3. The molecule has 1 saturated carbocycles. The fraction of sp³-hybridized carbons (Fsp3) is 1.00. The average molecular weight is 259 g/mol. The summed E-state index contributed by atoms with van der Waals surface area (Å²) in [5.74, 6) is 0. The van der Waals surface area contributed by atoms with Crippen LogP contribution < -0.4 is 5.73 Å². The molecule has 0 bridgehead atoms. The Bertz CT molecular complexity index is 250. The fourth-order valence-electron chi connectivity index (χ4n) is 2.09. The Balaban J connectivity index is 2.76. The molecule has 0 aromatic carbocycles. The van der Waals surface area contributed by atoms with Gasteiger partial charge < -0.3 is 14.9 Å². The molecule has 17 heavy (non-hydrogen) atoms. The molecule has 102 valence electrons. The molecule has 0 spiro atoms. The lowest BCUT2D eigenvalue weighted by molar-refractivity contribution is -0.0388. The van der Waals surface area contributed by atoms with Crippen molar-refractivity contribution < 1.29 is 9.16 Å². The summed E-state index contributed by atoms with van der Waals surface area (Å²) in [5.41, 5.74) is 6.21. The molecule has 0 aromatic rings. The van der Waals surface area contributed by atoms with E-state index in [9.17, 15) is 0 Å². The number of ether oxygens (including phenoxy) is 1. The minimum absolute atomic E-state index is 0.0784. The third kappa shape index (κ3) is 3.53. The first-order chi connectivity index (χ1) is 7.69. The molecule has 1 fully saturated rings. The molecule has 1 aliphatic rings. The minimum atomic E-state index is -1.75. The maximum absolute atomic E-state index is 6.45. The lowest BCUT2D eigenvalue weighted by atomic mass is 9.91. The first-order valence-electron chi connectivity index (χ1n) is 6.65. The van der Waals surface area contributed by atoms with Crippen LogP contribution in [0.15, 0.2) is 0 Å². The maximum Gasteiger partial charge on any atom is 0.192 e. The second-order valence-corrected chi connectivity index (χ2v) is 11.5. The number of nitrogens with two attached hydrogens (primary N) is 1. The molecule has 0 aromatic heterocycles. The summed E-state index contributed by atoms with van der Waals surface area (Å²) >= 11 is 0. The van der Waals surface area contributed by atoms with Gasteiger partial charge in [0.05, 0.1) is 12.2 Å². The molecule has 3 nitrogen and oxygen atoms in total. The molecular formula is C13H29NO2Si. The van der Waals surface area contributed by atoms with Crippen LogP contribution in [-0.4, -0.2) is 33.7 Å². The van der Waals surface area contributed by atoms with Crippen LogP contribution in [0.3, 0.4) is 0 Å². The van der Waals surface area contributed by atoms with Crippen molar-refractivity contribution in [2.24, 2.45) is 5.73 Å². The lowest BCUT2D eigenvalue weighted by Gasteiger charge is -2.44. The van der Waals surface area contributed by atoms with Gasteiger partial charge in [0.15, 0.2) is 8.32 Å². The number of hydrogen-bond donors (Lipinski definition) is 1. The highest BCUT2D eigenvalue weighted by atomic mass is 28.4. The van der Waals surface area contributed by atoms with E-state index in [0.29, 0.717) is 0 Å². The third-order valence-electron chi connectivity index (χ3n) is 4.35. The molecule has 0 heterocycles. The summed E-state index contributed by atoms with van der Waals surface area (Å²) in [6, 6.07) is 0.128. The second kappa shape index (κ2) is 5.39. The molecule has 0 saturated heterocycles. The number of rotatable bonds is 3. The van der Waals surface area contributed by atoms with Crippen molar-refractivity contribution in [3.8, 4) is 0 Å². The van der Waals surface area contributed by atoms with Gasteiger partial charge >= 0.3 is 0 Å². The summed E-state index contributed by atoms with van der Waals surface area (Å²) in [6.45, 7) is 11.3. The second-order valence-electron chi connectivity index (χ2n) is 6.71. The van der Waals surface area contributed by atoms with Crippen molar-refractivity contribution in [2.75, 3.05) is 7.11 Å². The van der Waals surface area contributed by atoms with Crippen LogP contribution in [-0.2, 0) is 9.16 Å². The van der Waals surface area contributed by atoms with Crippen LogP contribution in [0.2, 0.25) is 18.1 Å². The Hall–Kier alpha value is 0.0969. The van der Waals surface area contributed by atoms with E-state index < -0.39 is 8.32 Å². The molecule has 4 heteroatoms. The van der Waals surface area contributed by atoms with Crippen LogP contribution >= 0.6 is 0 Å². The monoisotopic (exact) mass is 259 g/mol. The highest BCUT2D eigenvalue weighted by Crippen LogP contribution is 2.39. The quantitative estimate of drug-likeness (QED) is 0.793. The summed E-state index contributed by atoms with van der Waals surface area (Å²) < 4.78 is 12.0. The van der Waals surface area contributed by atoms with Crippen molar-refractivity contribution in [1.82, 2.24) is 0 Å². The van der Waals surface area contributed by atoms with Gasteiger partial charge in [-0.1, -0.05) is 20.8 Å². The Morgan fingerprint density at radius 2 is 1.76 bits per heavy atom. The van der Waals surface area contributed by atoms with E-state index >= 15 is 0 Å². The van der Waals surface area contributed by atoms with E-state index in [0.717, 1.165) is 19.3 Å². The van der Waals surface area contributed by atoms with E-state index in [4.69, 9.17) is 14.9 Å². The minimum Gasteiger partial charge on any atom is -0.410 e. The van der Waals surface area contributed by atoms with Crippen molar-refractivity contribution in [3.63, 3.8) is 0 Å². The smallest absolute Gasteiger partial charge is 0.192 e. The van der Waals surface area contributed by atoms with Crippen LogP contribution in [0.1, 0.15) is 40.0 Å². The summed E-state index contributed by atoms with van der Waals surface area (Å²) in [7, 11) is 0.0164. The summed E-state index contributed by atoms with van der Waals surface area (Å²) in [5, 5.41) is 0.225. The lowest BCUT2D eigenvalue weighted by Crippen LogP contribution is -2.55. The first kappa shape index (κ1) is 15.2. The predicted molar refractivity (Wildman–Crippen MR) is 74.7 cm³/mol. The van der Waals surface area contributed by atoms with Crippen molar-refractivity contribution in [3.05, 3.63) is 0 Å². The number of hydrogen-bond acceptors (Lipinski definition) is 3. The zero-order valence-corrected chi connectivity index (χ0v) is 13.2. The molecule has 0 unspecified atom stereocenters. The van der Waals surface area contributed by atoms with Gasteiger partial charge in [-0.05, 0) is 37.4 Å². The third-order valence-corrected chi connectivity index (χ3v) is 8.83. The zero-order valence-electron chi connectivity index (χ0n) is 12.2. The average Bonchev–Trinajstić information content (AvgIpc) is 2.19. The standard InChI is InChI=1S/C13H29NO2Si/c1-13(2,3)17(5,6)16-12-10(14)8-7-9-11(12)15-4/h10-12H,7-9,14H2,1-6H3/t10-,11+,12+/m0/s1. The Labute approximate surface area is 107 Å². The maximum atomic E-state index is 6.45. The van der Waals surface area contributed by atoms with Gasteiger partial charge in [-0.2, -0.15) is 0 Å². The molecule has 0 radical (unpaired) electrons. The molecule has 0 amide bonds. The predicted octanol–water partition coefficient (Wildman–Crippen LogP) is 2.90. The van der Waals surface area contributed by atoms with E-state index in [1.54, 1.807) is 7.11 Å². The molecule has 3 atom stereocenters. The summed E-state index contributed by atoms with van der Waals surface area (Å²) in [6.07, 6.45) is 3.53. The van der Waals surface area contributed by atoms with Crippen molar-refractivity contribution in [2.45, 2.75) is 76.4 Å².